The van der Waals surface area contributed by atoms with Crippen molar-refractivity contribution >= 4 is 9.84 Å². The standard InChI is InChI=1S/C16H33NO2S/c1-5-7-8-13-20(18,19)14-10-9-11-16(3,4)15(14)17-12-6-2/h14-15,17H,5-13H2,1-4H3. The summed E-state index contributed by atoms with van der Waals surface area (Å²) in [6.45, 7) is 9.59. The predicted octanol–water partition coefficient (Wildman–Crippen LogP) is 3.54. The van der Waals surface area contributed by atoms with Gasteiger partial charge in [-0.1, -0.05) is 47.0 Å². The Labute approximate surface area is 125 Å². The molecular formula is C16H33NO2S. The van der Waals surface area contributed by atoms with E-state index in [2.05, 4.69) is 33.0 Å². The van der Waals surface area contributed by atoms with Gasteiger partial charge in [-0.25, -0.2) is 8.42 Å². The fourth-order valence-electron chi connectivity index (χ4n) is 3.38. The molecule has 1 N–H and O–H groups in total. The molecule has 2 unspecified atom stereocenters. The Morgan fingerprint density at radius 1 is 1.15 bits per heavy atom. The lowest BCUT2D eigenvalue weighted by molar-refractivity contribution is 0.171. The third-order valence-corrected chi connectivity index (χ3v) is 6.92. The summed E-state index contributed by atoms with van der Waals surface area (Å²) in [7, 11) is -2.97. The van der Waals surface area contributed by atoms with E-state index in [4.69, 9.17) is 0 Å². The van der Waals surface area contributed by atoms with Crippen molar-refractivity contribution < 1.29 is 8.42 Å². The Hall–Kier alpha value is -0.0900. The maximum absolute atomic E-state index is 12.7. The van der Waals surface area contributed by atoms with Crippen LogP contribution in [0.4, 0.5) is 0 Å². The summed E-state index contributed by atoms with van der Waals surface area (Å²) in [5.41, 5.74) is 0.0793. The van der Waals surface area contributed by atoms with Crippen LogP contribution in [0.25, 0.3) is 0 Å². The van der Waals surface area contributed by atoms with Crippen molar-refractivity contribution in [2.75, 3.05) is 12.3 Å². The van der Waals surface area contributed by atoms with Crippen molar-refractivity contribution in [1.29, 1.82) is 0 Å². The molecule has 1 saturated carbocycles. The van der Waals surface area contributed by atoms with Crippen LogP contribution in [-0.2, 0) is 9.84 Å². The lowest BCUT2D eigenvalue weighted by atomic mass is 9.73. The van der Waals surface area contributed by atoms with Crippen molar-refractivity contribution in [3.63, 3.8) is 0 Å². The molecule has 0 heterocycles. The number of hydrogen-bond acceptors (Lipinski definition) is 3. The van der Waals surface area contributed by atoms with Crippen molar-refractivity contribution in [2.45, 2.75) is 83.9 Å². The Morgan fingerprint density at radius 3 is 2.45 bits per heavy atom. The SMILES string of the molecule is CCCCCS(=O)(=O)C1CCCC(C)(C)C1NCCC. The van der Waals surface area contributed by atoms with Gasteiger partial charge in [0.05, 0.1) is 11.0 Å². The molecule has 2 atom stereocenters. The number of sulfone groups is 1. The van der Waals surface area contributed by atoms with Crippen LogP contribution in [-0.4, -0.2) is 32.0 Å². The zero-order valence-corrected chi connectivity index (χ0v) is 14.6. The second kappa shape index (κ2) is 7.79. The average Bonchev–Trinajstić information content (AvgIpc) is 2.36. The summed E-state index contributed by atoms with van der Waals surface area (Å²) < 4.78 is 25.4. The zero-order chi connectivity index (χ0) is 15.2. The first kappa shape index (κ1) is 18.0. The van der Waals surface area contributed by atoms with Gasteiger partial charge in [-0.2, -0.15) is 0 Å². The maximum atomic E-state index is 12.7. The van der Waals surface area contributed by atoms with E-state index in [1.54, 1.807) is 0 Å². The number of hydrogen-bond donors (Lipinski definition) is 1. The second-order valence-corrected chi connectivity index (χ2v) is 9.26. The topological polar surface area (TPSA) is 46.2 Å². The van der Waals surface area contributed by atoms with Crippen LogP contribution in [0, 0.1) is 5.41 Å². The first-order chi connectivity index (χ1) is 9.35. The van der Waals surface area contributed by atoms with Crippen LogP contribution in [0.2, 0.25) is 0 Å². The molecule has 0 aromatic carbocycles. The van der Waals surface area contributed by atoms with Gasteiger partial charge in [0.2, 0.25) is 0 Å². The smallest absolute Gasteiger partial charge is 0.154 e. The lowest BCUT2D eigenvalue weighted by Gasteiger charge is -2.44. The molecule has 0 radical (unpaired) electrons. The Morgan fingerprint density at radius 2 is 1.85 bits per heavy atom. The molecule has 0 amide bonds. The third kappa shape index (κ3) is 4.73. The monoisotopic (exact) mass is 303 g/mol. The fourth-order valence-corrected chi connectivity index (χ4v) is 5.70. The molecule has 4 heteroatoms. The molecule has 0 spiro atoms. The van der Waals surface area contributed by atoms with Crippen LogP contribution in [0.5, 0.6) is 0 Å². The highest BCUT2D eigenvalue weighted by Crippen LogP contribution is 2.38. The predicted molar refractivity (Wildman–Crippen MR) is 86.8 cm³/mol. The van der Waals surface area contributed by atoms with Gasteiger partial charge in [-0.3, -0.25) is 0 Å². The molecule has 0 aromatic rings. The molecule has 1 aliphatic rings. The lowest BCUT2D eigenvalue weighted by Crippen LogP contribution is -2.55. The molecule has 0 aromatic heterocycles. The summed E-state index contributed by atoms with van der Waals surface area (Å²) in [5.74, 6) is 0.367. The van der Waals surface area contributed by atoms with E-state index in [9.17, 15) is 8.42 Å². The highest BCUT2D eigenvalue weighted by Gasteiger charge is 2.44. The van der Waals surface area contributed by atoms with Crippen LogP contribution in [0.1, 0.15) is 72.6 Å². The van der Waals surface area contributed by atoms with Gasteiger partial charge < -0.3 is 5.32 Å². The van der Waals surface area contributed by atoms with Gasteiger partial charge >= 0.3 is 0 Å². The Bertz CT molecular complexity index is 376. The largest absolute Gasteiger partial charge is 0.312 e. The van der Waals surface area contributed by atoms with Crippen LogP contribution >= 0.6 is 0 Å². The van der Waals surface area contributed by atoms with Crippen LogP contribution in [0.15, 0.2) is 0 Å². The summed E-state index contributed by atoms with van der Waals surface area (Å²) >= 11 is 0. The van der Waals surface area contributed by atoms with Gasteiger partial charge in [0.25, 0.3) is 0 Å². The first-order valence-corrected chi connectivity index (χ1v) is 10.0. The Balaban J connectivity index is 2.82. The molecule has 1 aliphatic carbocycles. The first-order valence-electron chi connectivity index (χ1n) is 8.30. The molecule has 20 heavy (non-hydrogen) atoms. The number of unbranched alkanes of at least 4 members (excludes halogenated alkanes) is 2. The third-order valence-electron chi connectivity index (χ3n) is 4.63. The molecule has 0 aliphatic heterocycles. The minimum absolute atomic E-state index is 0.0793. The van der Waals surface area contributed by atoms with Gasteiger partial charge in [-0.15, -0.1) is 0 Å². The molecule has 1 fully saturated rings. The van der Waals surface area contributed by atoms with Gasteiger partial charge in [0.1, 0.15) is 0 Å². The van der Waals surface area contributed by atoms with Crippen LogP contribution < -0.4 is 5.32 Å². The molecule has 3 nitrogen and oxygen atoms in total. The minimum Gasteiger partial charge on any atom is -0.312 e. The van der Waals surface area contributed by atoms with Crippen molar-refractivity contribution in [1.82, 2.24) is 5.32 Å². The van der Waals surface area contributed by atoms with Gasteiger partial charge in [0, 0.05) is 6.04 Å². The van der Waals surface area contributed by atoms with Crippen molar-refractivity contribution in [2.24, 2.45) is 5.41 Å². The van der Waals surface area contributed by atoms with E-state index >= 15 is 0 Å². The van der Waals surface area contributed by atoms with Crippen molar-refractivity contribution in [3.8, 4) is 0 Å². The molecular weight excluding hydrogens is 270 g/mol. The van der Waals surface area contributed by atoms with Gasteiger partial charge in [0.15, 0.2) is 9.84 Å². The van der Waals surface area contributed by atoms with Crippen LogP contribution in [0.3, 0.4) is 0 Å². The van der Waals surface area contributed by atoms with E-state index in [1.165, 1.54) is 0 Å². The van der Waals surface area contributed by atoms with E-state index < -0.39 is 9.84 Å². The van der Waals surface area contributed by atoms with E-state index in [1.807, 2.05) is 0 Å². The maximum Gasteiger partial charge on any atom is 0.154 e. The number of rotatable bonds is 8. The summed E-state index contributed by atoms with van der Waals surface area (Å²) in [5, 5.41) is 3.34. The van der Waals surface area contributed by atoms with E-state index in [0.717, 1.165) is 51.5 Å². The highest BCUT2D eigenvalue weighted by atomic mass is 32.2. The second-order valence-electron chi connectivity index (χ2n) is 6.93. The fraction of sp³-hybridized carbons (Fsp3) is 1.00. The van der Waals surface area contributed by atoms with Crippen molar-refractivity contribution in [3.05, 3.63) is 0 Å². The highest BCUT2D eigenvalue weighted by molar-refractivity contribution is 7.92. The van der Waals surface area contributed by atoms with E-state index in [-0.39, 0.29) is 16.7 Å². The molecule has 0 saturated heterocycles. The average molecular weight is 304 g/mol. The summed E-state index contributed by atoms with van der Waals surface area (Å²) in [6.07, 6.45) is 6.95. The molecule has 0 bridgehead atoms. The molecule has 120 valence electrons. The normalized spacial score (nSPS) is 26.6. The summed E-state index contributed by atoms with van der Waals surface area (Å²) in [4.78, 5) is 0. The van der Waals surface area contributed by atoms with E-state index in [0.29, 0.717) is 5.75 Å². The summed E-state index contributed by atoms with van der Waals surface area (Å²) in [6, 6.07) is 0.114. The number of nitrogens with one attached hydrogen (secondary N) is 1. The molecule has 1 rings (SSSR count). The van der Waals surface area contributed by atoms with Gasteiger partial charge in [-0.05, 0) is 37.6 Å². The minimum atomic E-state index is -2.97. The Kier molecular flexibility index (Phi) is 6.99. The quantitative estimate of drug-likeness (QED) is 0.698. The zero-order valence-electron chi connectivity index (χ0n) is 13.7.